The van der Waals surface area contributed by atoms with Crippen LogP contribution in [0.1, 0.15) is 5.69 Å². The van der Waals surface area contributed by atoms with E-state index in [2.05, 4.69) is 4.98 Å². The third-order valence-electron chi connectivity index (χ3n) is 2.06. The minimum Gasteiger partial charge on any atom is -0.359 e. The monoisotopic (exact) mass is 210 g/mol. The van der Waals surface area contributed by atoms with Gasteiger partial charge in [-0.3, -0.25) is 0 Å². The molecule has 1 heterocycles. The highest BCUT2D eigenvalue weighted by molar-refractivity contribution is 7.89. The molecular weight excluding hydrogens is 200 g/mol. The van der Waals surface area contributed by atoms with Crippen LogP contribution in [0.3, 0.4) is 0 Å². The Kier molecular flexibility index (Phi) is 1.87. The summed E-state index contributed by atoms with van der Waals surface area (Å²) in [5.74, 6) is 0. The van der Waals surface area contributed by atoms with Crippen molar-refractivity contribution < 1.29 is 8.42 Å². The second-order valence-corrected chi connectivity index (χ2v) is 4.81. The van der Waals surface area contributed by atoms with Gasteiger partial charge in [0, 0.05) is 16.6 Å². The van der Waals surface area contributed by atoms with Gasteiger partial charge in [-0.1, -0.05) is 0 Å². The molecule has 14 heavy (non-hydrogen) atoms. The average molecular weight is 210 g/mol. The number of aryl methyl sites for hydroxylation is 1. The van der Waals surface area contributed by atoms with Crippen LogP contribution in [0, 0.1) is 6.92 Å². The van der Waals surface area contributed by atoms with E-state index in [1.807, 2.05) is 13.0 Å². The van der Waals surface area contributed by atoms with Crippen molar-refractivity contribution in [2.75, 3.05) is 0 Å². The van der Waals surface area contributed by atoms with Gasteiger partial charge in [0.15, 0.2) is 0 Å². The van der Waals surface area contributed by atoms with Crippen LogP contribution in [0.25, 0.3) is 10.9 Å². The molecule has 0 saturated heterocycles. The van der Waals surface area contributed by atoms with Crippen LogP contribution in [0.5, 0.6) is 0 Å². The number of fused-ring (bicyclic) bond motifs is 1. The Hall–Kier alpha value is -1.33. The summed E-state index contributed by atoms with van der Waals surface area (Å²) in [6.45, 7) is 1.91. The van der Waals surface area contributed by atoms with Crippen molar-refractivity contribution in [3.05, 3.63) is 30.0 Å². The number of aromatic amines is 1. The Morgan fingerprint density at radius 3 is 2.64 bits per heavy atom. The molecule has 0 aliphatic heterocycles. The Morgan fingerprint density at radius 1 is 1.29 bits per heavy atom. The summed E-state index contributed by atoms with van der Waals surface area (Å²) in [4.78, 5) is 3.24. The summed E-state index contributed by atoms with van der Waals surface area (Å²) < 4.78 is 22.1. The number of hydrogen-bond donors (Lipinski definition) is 2. The minimum absolute atomic E-state index is 0.143. The summed E-state index contributed by atoms with van der Waals surface area (Å²) in [6, 6.07) is 6.65. The third-order valence-corrected chi connectivity index (χ3v) is 2.97. The molecular formula is C9H10N2O2S. The molecule has 2 aromatic rings. The Labute approximate surface area is 81.8 Å². The van der Waals surface area contributed by atoms with Crippen molar-refractivity contribution in [1.82, 2.24) is 4.98 Å². The van der Waals surface area contributed by atoms with Gasteiger partial charge in [0.2, 0.25) is 10.0 Å². The molecule has 0 aliphatic carbocycles. The lowest BCUT2D eigenvalue weighted by atomic mass is 10.2. The normalized spacial score (nSPS) is 12.1. The maximum atomic E-state index is 11.1. The summed E-state index contributed by atoms with van der Waals surface area (Å²) >= 11 is 0. The molecule has 0 radical (unpaired) electrons. The van der Waals surface area contributed by atoms with Gasteiger partial charge < -0.3 is 4.98 Å². The van der Waals surface area contributed by atoms with Crippen LogP contribution in [0.2, 0.25) is 0 Å². The number of nitrogens with two attached hydrogens (primary N) is 1. The van der Waals surface area contributed by atoms with E-state index in [4.69, 9.17) is 5.14 Å². The van der Waals surface area contributed by atoms with Gasteiger partial charge in [-0.05, 0) is 31.2 Å². The first kappa shape index (κ1) is 9.23. The van der Waals surface area contributed by atoms with Gasteiger partial charge in [0.25, 0.3) is 0 Å². The lowest BCUT2D eigenvalue weighted by molar-refractivity contribution is 0.598. The van der Waals surface area contributed by atoms with Crippen molar-refractivity contribution >= 4 is 20.9 Å². The molecule has 2 rings (SSSR count). The molecule has 0 atom stereocenters. The molecule has 74 valence electrons. The number of hydrogen-bond acceptors (Lipinski definition) is 2. The lowest BCUT2D eigenvalue weighted by Crippen LogP contribution is -2.11. The number of primary sulfonamides is 1. The predicted octanol–water partition coefficient (Wildman–Crippen LogP) is 1.12. The highest BCUT2D eigenvalue weighted by Gasteiger charge is 2.08. The molecule has 0 saturated carbocycles. The van der Waals surface area contributed by atoms with Crippen molar-refractivity contribution in [1.29, 1.82) is 0 Å². The van der Waals surface area contributed by atoms with E-state index in [1.54, 1.807) is 12.1 Å². The molecule has 0 fully saturated rings. The van der Waals surface area contributed by atoms with E-state index < -0.39 is 10.0 Å². The van der Waals surface area contributed by atoms with Crippen molar-refractivity contribution in [2.24, 2.45) is 5.14 Å². The van der Waals surface area contributed by atoms with Crippen LogP contribution < -0.4 is 5.14 Å². The maximum Gasteiger partial charge on any atom is 0.238 e. The van der Waals surface area contributed by atoms with Crippen molar-refractivity contribution in [2.45, 2.75) is 11.8 Å². The number of aromatic nitrogens is 1. The Bertz CT molecular complexity index is 584. The zero-order valence-corrected chi connectivity index (χ0v) is 8.43. The van der Waals surface area contributed by atoms with Gasteiger partial charge in [-0.15, -0.1) is 0 Å². The van der Waals surface area contributed by atoms with Crippen LogP contribution >= 0.6 is 0 Å². The first-order chi connectivity index (χ1) is 6.47. The minimum atomic E-state index is -3.60. The Balaban J connectivity index is 2.74. The van der Waals surface area contributed by atoms with Gasteiger partial charge >= 0.3 is 0 Å². The lowest BCUT2D eigenvalue weighted by Gasteiger charge is -1.96. The summed E-state index contributed by atoms with van der Waals surface area (Å²) in [5.41, 5.74) is 1.90. The fourth-order valence-corrected chi connectivity index (χ4v) is 1.98. The van der Waals surface area contributed by atoms with Gasteiger partial charge in [0.05, 0.1) is 4.90 Å². The molecule has 5 heteroatoms. The number of nitrogens with one attached hydrogen (secondary N) is 1. The van der Waals surface area contributed by atoms with Gasteiger partial charge in [-0.2, -0.15) is 0 Å². The van der Waals surface area contributed by atoms with E-state index >= 15 is 0 Å². The highest BCUT2D eigenvalue weighted by Crippen LogP contribution is 2.18. The fraction of sp³-hybridized carbons (Fsp3) is 0.111. The molecule has 1 aromatic carbocycles. The average Bonchev–Trinajstić information content (AvgIpc) is 2.41. The molecule has 0 amide bonds. The van der Waals surface area contributed by atoms with Gasteiger partial charge in [-0.25, -0.2) is 13.6 Å². The summed E-state index contributed by atoms with van der Waals surface area (Å²) in [7, 11) is -3.60. The zero-order chi connectivity index (χ0) is 10.3. The number of benzene rings is 1. The molecule has 1 aromatic heterocycles. The van der Waals surface area contributed by atoms with Crippen molar-refractivity contribution in [3.63, 3.8) is 0 Å². The van der Waals surface area contributed by atoms with Crippen LogP contribution in [-0.4, -0.2) is 13.4 Å². The molecule has 3 N–H and O–H groups in total. The maximum absolute atomic E-state index is 11.1. The molecule has 4 nitrogen and oxygen atoms in total. The van der Waals surface area contributed by atoms with E-state index in [-0.39, 0.29) is 4.90 Å². The largest absolute Gasteiger partial charge is 0.359 e. The second kappa shape index (κ2) is 2.83. The van der Waals surface area contributed by atoms with E-state index in [1.165, 1.54) is 6.07 Å². The first-order valence-corrected chi connectivity index (χ1v) is 5.63. The second-order valence-electron chi connectivity index (χ2n) is 3.25. The smallest absolute Gasteiger partial charge is 0.238 e. The van der Waals surface area contributed by atoms with Crippen molar-refractivity contribution in [3.8, 4) is 0 Å². The van der Waals surface area contributed by atoms with E-state index in [0.29, 0.717) is 0 Å². The number of H-pyrrole nitrogens is 1. The molecule has 0 bridgehead atoms. The predicted molar refractivity (Wildman–Crippen MR) is 54.4 cm³/mol. The van der Waals surface area contributed by atoms with Crippen LogP contribution in [-0.2, 0) is 10.0 Å². The van der Waals surface area contributed by atoms with Gasteiger partial charge in [0.1, 0.15) is 0 Å². The molecule has 0 aliphatic rings. The Morgan fingerprint density at radius 2 is 2.00 bits per heavy atom. The standard InChI is InChI=1S/C9H10N2O2S/c1-6-4-7-5-8(14(10,12)13)2-3-9(7)11-6/h2-5,11H,1H3,(H2,10,12,13). The summed E-state index contributed by atoms with van der Waals surface area (Å²) in [6.07, 6.45) is 0. The zero-order valence-electron chi connectivity index (χ0n) is 7.61. The highest BCUT2D eigenvalue weighted by atomic mass is 32.2. The first-order valence-electron chi connectivity index (χ1n) is 4.09. The molecule has 0 spiro atoms. The van der Waals surface area contributed by atoms with Crippen LogP contribution in [0.15, 0.2) is 29.2 Å². The SMILES string of the molecule is Cc1cc2cc(S(N)(=O)=O)ccc2[nH]1. The quantitative estimate of drug-likeness (QED) is 0.740. The van der Waals surface area contributed by atoms with Crippen LogP contribution in [0.4, 0.5) is 0 Å². The molecule has 0 unspecified atom stereocenters. The summed E-state index contributed by atoms with van der Waals surface area (Å²) in [5, 5.41) is 5.87. The fourth-order valence-electron chi connectivity index (χ4n) is 1.43. The third kappa shape index (κ3) is 1.51. The number of sulfonamides is 1. The van der Waals surface area contributed by atoms with E-state index in [9.17, 15) is 8.42 Å². The van der Waals surface area contributed by atoms with E-state index in [0.717, 1.165) is 16.6 Å². The topological polar surface area (TPSA) is 76.0 Å². The number of rotatable bonds is 1.